The number of aryl methyl sites for hydroxylation is 2. The number of carbonyl (C=O) groups excluding carboxylic acids is 1. The van der Waals surface area contributed by atoms with Crippen LogP contribution in [0.15, 0.2) is 39.5 Å². The van der Waals surface area contributed by atoms with E-state index in [-0.39, 0.29) is 24.0 Å². The van der Waals surface area contributed by atoms with Crippen molar-refractivity contribution >= 4 is 21.8 Å². The van der Waals surface area contributed by atoms with Crippen LogP contribution in [0.1, 0.15) is 27.5 Å². The molecule has 27 heavy (non-hydrogen) atoms. The van der Waals surface area contributed by atoms with Gasteiger partial charge in [-0.2, -0.15) is 5.10 Å². The van der Waals surface area contributed by atoms with Crippen LogP contribution in [0.3, 0.4) is 0 Å². The lowest BCUT2D eigenvalue weighted by molar-refractivity contribution is 0.0769. The summed E-state index contributed by atoms with van der Waals surface area (Å²) >= 11 is 3.42. The predicted molar refractivity (Wildman–Crippen MR) is 98.7 cm³/mol. The third-order valence-electron chi connectivity index (χ3n) is 4.13. The van der Waals surface area contributed by atoms with Gasteiger partial charge in [0, 0.05) is 14.1 Å². The maximum Gasteiger partial charge on any atom is 0.276 e. The average Bonchev–Trinajstić information content (AvgIpc) is 3.17. The molecule has 0 unspecified atom stereocenters. The summed E-state index contributed by atoms with van der Waals surface area (Å²) in [5.74, 6) is 0.345. The maximum atomic E-state index is 13.0. The summed E-state index contributed by atoms with van der Waals surface area (Å²) in [5, 5.41) is 8.04. The molecule has 0 bridgehead atoms. The Morgan fingerprint density at radius 3 is 2.70 bits per heavy atom. The van der Waals surface area contributed by atoms with E-state index in [2.05, 4.69) is 26.2 Å². The van der Waals surface area contributed by atoms with Crippen molar-refractivity contribution in [2.75, 3.05) is 7.05 Å². The van der Waals surface area contributed by atoms with Crippen molar-refractivity contribution < 1.29 is 18.4 Å². The fourth-order valence-corrected chi connectivity index (χ4v) is 2.98. The monoisotopic (exact) mass is 436 g/mol. The Labute approximate surface area is 163 Å². The Morgan fingerprint density at radius 2 is 2.07 bits per heavy atom. The van der Waals surface area contributed by atoms with E-state index < -0.39 is 0 Å². The molecule has 0 N–H and O–H groups in total. The fraction of sp³-hybridized carbons (Fsp3) is 0.278. The molecule has 0 spiro atoms. The van der Waals surface area contributed by atoms with Gasteiger partial charge in [-0.3, -0.25) is 9.48 Å². The number of halogens is 2. The molecule has 1 aromatic carbocycles. The SMILES string of the molecule is Cc1onc(C(=O)N(C)Cc2c(Br)cnn2C)c1COc1ccc(F)cc1. The van der Waals surface area contributed by atoms with E-state index in [4.69, 9.17) is 9.26 Å². The molecular weight excluding hydrogens is 419 g/mol. The number of hydrogen-bond acceptors (Lipinski definition) is 5. The Kier molecular flexibility index (Phi) is 5.59. The second-order valence-electron chi connectivity index (χ2n) is 6.03. The van der Waals surface area contributed by atoms with Gasteiger partial charge in [0.1, 0.15) is 23.9 Å². The molecule has 0 saturated carbocycles. The predicted octanol–water partition coefficient (Wildman–Crippen LogP) is 3.47. The standard InChI is InChI=1S/C18H18BrFN4O3/c1-11-14(10-26-13-6-4-12(20)5-7-13)17(22-27-11)18(25)23(2)9-16-15(19)8-21-24(16)3/h4-8H,9-10H2,1-3H3. The van der Waals surface area contributed by atoms with Crippen molar-refractivity contribution in [1.82, 2.24) is 19.8 Å². The van der Waals surface area contributed by atoms with Gasteiger partial charge < -0.3 is 14.2 Å². The zero-order valence-corrected chi connectivity index (χ0v) is 16.7. The minimum Gasteiger partial charge on any atom is -0.489 e. The van der Waals surface area contributed by atoms with Crippen molar-refractivity contribution in [3.63, 3.8) is 0 Å². The number of amides is 1. The molecule has 0 aliphatic carbocycles. The largest absolute Gasteiger partial charge is 0.489 e. The van der Waals surface area contributed by atoms with E-state index in [1.807, 2.05) is 0 Å². The number of aromatic nitrogens is 3. The van der Waals surface area contributed by atoms with E-state index in [9.17, 15) is 9.18 Å². The van der Waals surface area contributed by atoms with Gasteiger partial charge in [0.15, 0.2) is 5.69 Å². The van der Waals surface area contributed by atoms with Gasteiger partial charge >= 0.3 is 0 Å². The van der Waals surface area contributed by atoms with Crippen LogP contribution in [-0.2, 0) is 20.2 Å². The number of nitrogens with zero attached hydrogens (tertiary/aromatic N) is 4. The molecule has 1 amide bonds. The second kappa shape index (κ2) is 7.91. The van der Waals surface area contributed by atoms with Gasteiger partial charge in [-0.1, -0.05) is 5.16 Å². The first kappa shape index (κ1) is 19.1. The molecular formula is C18H18BrFN4O3. The molecule has 0 atom stereocenters. The van der Waals surface area contributed by atoms with Crippen molar-refractivity contribution in [3.05, 3.63) is 63.5 Å². The molecule has 142 valence electrons. The van der Waals surface area contributed by atoms with Gasteiger partial charge in [0.25, 0.3) is 5.91 Å². The van der Waals surface area contributed by atoms with Crippen LogP contribution in [0.25, 0.3) is 0 Å². The van der Waals surface area contributed by atoms with E-state index >= 15 is 0 Å². The first-order chi connectivity index (χ1) is 12.9. The van der Waals surface area contributed by atoms with Crippen LogP contribution < -0.4 is 4.74 Å². The van der Waals surface area contributed by atoms with Crippen LogP contribution in [0, 0.1) is 12.7 Å². The summed E-state index contributed by atoms with van der Waals surface area (Å²) in [6.45, 7) is 2.15. The maximum absolute atomic E-state index is 13.0. The second-order valence-corrected chi connectivity index (χ2v) is 6.89. The molecule has 7 nitrogen and oxygen atoms in total. The quantitative estimate of drug-likeness (QED) is 0.591. The smallest absolute Gasteiger partial charge is 0.276 e. The first-order valence-corrected chi connectivity index (χ1v) is 8.91. The van der Waals surface area contributed by atoms with E-state index in [1.165, 1.54) is 29.2 Å². The average molecular weight is 437 g/mol. The van der Waals surface area contributed by atoms with Crippen LogP contribution >= 0.6 is 15.9 Å². The Hall–Kier alpha value is -2.68. The van der Waals surface area contributed by atoms with Crippen molar-refractivity contribution in [2.45, 2.75) is 20.1 Å². The molecule has 0 saturated heterocycles. The Morgan fingerprint density at radius 1 is 1.37 bits per heavy atom. The topological polar surface area (TPSA) is 73.4 Å². The highest BCUT2D eigenvalue weighted by Crippen LogP contribution is 2.21. The number of ether oxygens (including phenoxy) is 1. The Balaban J connectivity index is 1.74. The first-order valence-electron chi connectivity index (χ1n) is 8.12. The van der Waals surface area contributed by atoms with Crippen LogP contribution in [0.4, 0.5) is 4.39 Å². The van der Waals surface area contributed by atoms with E-state index in [0.717, 1.165) is 10.2 Å². The fourth-order valence-electron chi connectivity index (χ4n) is 2.51. The number of benzene rings is 1. The summed E-state index contributed by atoms with van der Waals surface area (Å²) in [5.41, 5.74) is 1.60. The summed E-state index contributed by atoms with van der Waals surface area (Å²) in [6, 6.07) is 5.65. The highest BCUT2D eigenvalue weighted by molar-refractivity contribution is 9.10. The lowest BCUT2D eigenvalue weighted by Gasteiger charge is -2.17. The lowest BCUT2D eigenvalue weighted by atomic mass is 10.2. The van der Waals surface area contributed by atoms with Crippen molar-refractivity contribution in [1.29, 1.82) is 0 Å². The molecule has 9 heteroatoms. The number of hydrogen-bond donors (Lipinski definition) is 0. The summed E-state index contributed by atoms with van der Waals surface area (Å²) < 4.78 is 26.3. The van der Waals surface area contributed by atoms with Gasteiger partial charge in [0.05, 0.1) is 28.5 Å². The summed E-state index contributed by atoms with van der Waals surface area (Å²) in [6.07, 6.45) is 1.68. The van der Waals surface area contributed by atoms with Gasteiger partial charge in [0.2, 0.25) is 0 Å². The van der Waals surface area contributed by atoms with E-state index in [1.54, 1.807) is 31.9 Å². The van der Waals surface area contributed by atoms with Crippen molar-refractivity contribution in [2.24, 2.45) is 7.05 Å². The highest BCUT2D eigenvalue weighted by atomic mass is 79.9. The molecule has 2 heterocycles. The van der Waals surface area contributed by atoms with Crippen LogP contribution in [0.5, 0.6) is 5.75 Å². The molecule has 0 fully saturated rings. The molecule has 0 aliphatic rings. The van der Waals surface area contributed by atoms with Crippen LogP contribution in [0.2, 0.25) is 0 Å². The van der Waals surface area contributed by atoms with Crippen molar-refractivity contribution in [3.8, 4) is 5.75 Å². The zero-order valence-electron chi connectivity index (χ0n) is 15.1. The molecule has 0 radical (unpaired) electrons. The number of rotatable bonds is 6. The Bertz CT molecular complexity index is 933. The third kappa shape index (κ3) is 4.19. The molecule has 3 rings (SSSR count). The third-order valence-corrected chi connectivity index (χ3v) is 4.79. The lowest BCUT2D eigenvalue weighted by Crippen LogP contribution is -2.28. The number of carbonyl (C=O) groups is 1. The molecule has 3 aromatic rings. The normalized spacial score (nSPS) is 10.9. The van der Waals surface area contributed by atoms with Crippen LogP contribution in [-0.4, -0.2) is 32.8 Å². The molecule has 0 aliphatic heterocycles. The zero-order chi connectivity index (χ0) is 19.6. The van der Waals surface area contributed by atoms with Gasteiger partial charge in [-0.25, -0.2) is 4.39 Å². The van der Waals surface area contributed by atoms with E-state index in [0.29, 0.717) is 23.6 Å². The summed E-state index contributed by atoms with van der Waals surface area (Å²) in [7, 11) is 3.48. The minimum absolute atomic E-state index is 0.0886. The minimum atomic E-state index is -0.345. The molecule has 2 aromatic heterocycles. The summed E-state index contributed by atoms with van der Waals surface area (Å²) in [4.78, 5) is 14.4. The highest BCUT2D eigenvalue weighted by Gasteiger charge is 2.24. The van der Waals surface area contributed by atoms with Gasteiger partial charge in [-0.05, 0) is 47.1 Å². The van der Waals surface area contributed by atoms with Gasteiger partial charge in [-0.15, -0.1) is 0 Å².